The molecule has 0 saturated carbocycles. The first kappa shape index (κ1) is 14.4. The standard InChI is InChI=1S/C16H14ClN3O2/c17-11-6-7-15-13(10-11)14(19-22)8-9-20(15)16(21)18-12-4-2-1-3-5-12/h1-7,10,22H,8-9H2,(H,18,21). The number of urea groups is 1. The fraction of sp³-hybridized carbons (Fsp3) is 0.125. The molecule has 3 rings (SSSR count). The van der Waals surface area contributed by atoms with Crippen LogP contribution in [-0.2, 0) is 0 Å². The van der Waals surface area contributed by atoms with Crippen molar-refractivity contribution in [3.05, 3.63) is 59.1 Å². The number of oxime groups is 1. The zero-order valence-corrected chi connectivity index (χ0v) is 12.4. The Morgan fingerprint density at radius 3 is 2.73 bits per heavy atom. The second-order valence-corrected chi connectivity index (χ2v) is 5.34. The number of carbonyl (C=O) groups excluding carboxylic acids is 1. The molecule has 0 bridgehead atoms. The molecule has 2 aromatic carbocycles. The minimum absolute atomic E-state index is 0.230. The van der Waals surface area contributed by atoms with E-state index in [0.29, 0.717) is 35.0 Å². The Balaban J connectivity index is 1.91. The highest BCUT2D eigenvalue weighted by atomic mass is 35.5. The van der Waals surface area contributed by atoms with Crippen molar-refractivity contribution in [3.8, 4) is 0 Å². The van der Waals surface area contributed by atoms with Crippen LogP contribution in [0.1, 0.15) is 12.0 Å². The maximum atomic E-state index is 12.5. The number of nitrogens with zero attached hydrogens (tertiary/aromatic N) is 2. The molecule has 1 aliphatic heterocycles. The molecule has 0 unspecified atom stereocenters. The fourth-order valence-corrected chi connectivity index (χ4v) is 2.65. The molecule has 112 valence electrons. The number of amides is 2. The zero-order valence-electron chi connectivity index (χ0n) is 11.7. The number of benzene rings is 2. The predicted molar refractivity (Wildman–Crippen MR) is 87.2 cm³/mol. The van der Waals surface area contributed by atoms with Crippen molar-refractivity contribution in [1.29, 1.82) is 0 Å². The van der Waals surface area contributed by atoms with Crippen molar-refractivity contribution in [3.63, 3.8) is 0 Å². The SMILES string of the molecule is O=C(Nc1ccccc1)N1CCC(=NO)c2cc(Cl)ccc21. The average molecular weight is 316 g/mol. The molecular formula is C16H14ClN3O2. The number of fused-ring (bicyclic) bond motifs is 1. The Morgan fingerprint density at radius 1 is 1.23 bits per heavy atom. The van der Waals surface area contributed by atoms with E-state index >= 15 is 0 Å². The molecule has 0 atom stereocenters. The van der Waals surface area contributed by atoms with Crippen molar-refractivity contribution in [2.75, 3.05) is 16.8 Å². The molecule has 0 aromatic heterocycles. The normalized spacial score (nSPS) is 15.5. The van der Waals surface area contributed by atoms with Crippen molar-refractivity contribution in [2.24, 2.45) is 5.16 Å². The van der Waals surface area contributed by atoms with Crippen LogP contribution in [0.15, 0.2) is 53.7 Å². The van der Waals surface area contributed by atoms with Crippen LogP contribution in [0.5, 0.6) is 0 Å². The van der Waals surface area contributed by atoms with Crippen LogP contribution in [0.2, 0.25) is 5.02 Å². The topological polar surface area (TPSA) is 64.9 Å². The maximum absolute atomic E-state index is 12.5. The van der Waals surface area contributed by atoms with Gasteiger partial charge >= 0.3 is 6.03 Å². The van der Waals surface area contributed by atoms with Crippen LogP contribution in [0.4, 0.5) is 16.2 Å². The first-order valence-corrected chi connectivity index (χ1v) is 7.21. The third-order valence-corrected chi connectivity index (χ3v) is 3.76. The van der Waals surface area contributed by atoms with Gasteiger partial charge in [-0.25, -0.2) is 4.79 Å². The first-order valence-electron chi connectivity index (χ1n) is 6.83. The van der Waals surface area contributed by atoms with Gasteiger partial charge in [0, 0.05) is 29.2 Å². The summed E-state index contributed by atoms with van der Waals surface area (Å²) in [5, 5.41) is 15.8. The van der Waals surface area contributed by atoms with Crippen molar-refractivity contribution in [2.45, 2.75) is 6.42 Å². The average Bonchev–Trinajstić information content (AvgIpc) is 2.54. The van der Waals surface area contributed by atoms with Gasteiger partial charge in [-0.3, -0.25) is 4.90 Å². The highest BCUT2D eigenvalue weighted by molar-refractivity contribution is 6.31. The predicted octanol–water partition coefficient (Wildman–Crippen LogP) is 3.96. The number of para-hydroxylation sites is 1. The summed E-state index contributed by atoms with van der Waals surface area (Å²) in [5.74, 6) is 0. The summed E-state index contributed by atoms with van der Waals surface area (Å²) in [4.78, 5) is 14.1. The van der Waals surface area contributed by atoms with E-state index in [9.17, 15) is 4.79 Å². The molecular weight excluding hydrogens is 302 g/mol. The molecule has 1 heterocycles. The highest BCUT2D eigenvalue weighted by Crippen LogP contribution is 2.30. The minimum Gasteiger partial charge on any atom is -0.411 e. The van der Waals surface area contributed by atoms with E-state index in [1.54, 1.807) is 23.1 Å². The smallest absolute Gasteiger partial charge is 0.326 e. The van der Waals surface area contributed by atoms with Gasteiger partial charge in [0.2, 0.25) is 0 Å². The van der Waals surface area contributed by atoms with Crippen LogP contribution in [-0.4, -0.2) is 23.5 Å². The third kappa shape index (κ3) is 2.76. The van der Waals surface area contributed by atoms with Crippen LogP contribution in [0, 0.1) is 0 Å². The van der Waals surface area contributed by atoms with E-state index in [0.717, 1.165) is 5.69 Å². The van der Waals surface area contributed by atoms with Crippen LogP contribution >= 0.6 is 11.6 Å². The monoisotopic (exact) mass is 315 g/mol. The number of hydrogen-bond acceptors (Lipinski definition) is 3. The molecule has 5 nitrogen and oxygen atoms in total. The Kier molecular flexibility index (Phi) is 3.98. The van der Waals surface area contributed by atoms with Gasteiger partial charge < -0.3 is 10.5 Å². The second kappa shape index (κ2) is 6.07. The van der Waals surface area contributed by atoms with E-state index in [1.165, 1.54) is 0 Å². The molecule has 0 aliphatic carbocycles. The number of rotatable bonds is 1. The Hall–Kier alpha value is -2.53. The molecule has 2 aromatic rings. The van der Waals surface area contributed by atoms with Gasteiger partial charge in [-0.2, -0.15) is 0 Å². The second-order valence-electron chi connectivity index (χ2n) is 4.91. The number of carbonyl (C=O) groups is 1. The third-order valence-electron chi connectivity index (χ3n) is 3.52. The lowest BCUT2D eigenvalue weighted by Crippen LogP contribution is -2.40. The van der Waals surface area contributed by atoms with Gasteiger partial charge in [0.05, 0.1) is 11.4 Å². The van der Waals surface area contributed by atoms with Crippen molar-refractivity contribution >= 4 is 34.7 Å². The lowest BCUT2D eigenvalue weighted by atomic mass is 10.00. The van der Waals surface area contributed by atoms with Crippen LogP contribution in [0.25, 0.3) is 0 Å². The number of anilines is 2. The molecule has 0 saturated heterocycles. The summed E-state index contributed by atoms with van der Waals surface area (Å²) in [6.45, 7) is 0.437. The Labute approximate surface area is 132 Å². The van der Waals surface area contributed by atoms with Gasteiger partial charge in [-0.05, 0) is 30.3 Å². The lowest BCUT2D eigenvalue weighted by molar-refractivity contribution is 0.257. The number of hydrogen-bond donors (Lipinski definition) is 2. The Morgan fingerprint density at radius 2 is 2.00 bits per heavy atom. The van der Waals surface area contributed by atoms with Gasteiger partial charge in [0.25, 0.3) is 0 Å². The van der Waals surface area contributed by atoms with Crippen LogP contribution in [0.3, 0.4) is 0 Å². The molecule has 1 aliphatic rings. The summed E-state index contributed by atoms with van der Waals surface area (Å²) in [6.07, 6.45) is 0.464. The van der Waals surface area contributed by atoms with E-state index in [4.69, 9.17) is 16.8 Å². The molecule has 0 fully saturated rings. The van der Waals surface area contributed by atoms with E-state index in [-0.39, 0.29) is 6.03 Å². The lowest BCUT2D eigenvalue weighted by Gasteiger charge is -2.30. The molecule has 6 heteroatoms. The van der Waals surface area contributed by atoms with Gasteiger partial charge in [0.1, 0.15) is 0 Å². The van der Waals surface area contributed by atoms with Gasteiger partial charge in [-0.15, -0.1) is 0 Å². The highest BCUT2D eigenvalue weighted by Gasteiger charge is 2.26. The number of nitrogens with one attached hydrogen (secondary N) is 1. The van der Waals surface area contributed by atoms with Crippen molar-refractivity contribution < 1.29 is 10.0 Å². The molecule has 2 amide bonds. The molecule has 0 radical (unpaired) electrons. The fourth-order valence-electron chi connectivity index (χ4n) is 2.47. The summed E-state index contributed by atoms with van der Waals surface area (Å²) >= 11 is 6.00. The first-order chi connectivity index (χ1) is 10.7. The maximum Gasteiger partial charge on any atom is 0.326 e. The summed E-state index contributed by atoms with van der Waals surface area (Å²) < 4.78 is 0. The number of halogens is 1. The largest absolute Gasteiger partial charge is 0.411 e. The quantitative estimate of drug-likeness (QED) is 0.618. The minimum atomic E-state index is -0.230. The Bertz CT molecular complexity index is 731. The van der Waals surface area contributed by atoms with E-state index in [2.05, 4.69) is 10.5 Å². The summed E-state index contributed by atoms with van der Waals surface area (Å²) in [7, 11) is 0. The zero-order chi connectivity index (χ0) is 15.5. The van der Waals surface area contributed by atoms with Gasteiger partial charge in [0.15, 0.2) is 0 Å². The summed E-state index contributed by atoms with van der Waals surface area (Å²) in [5.41, 5.74) is 2.60. The molecule has 2 N–H and O–H groups in total. The van der Waals surface area contributed by atoms with Gasteiger partial charge in [-0.1, -0.05) is 35.0 Å². The van der Waals surface area contributed by atoms with Crippen molar-refractivity contribution in [1.82, 2.24) is 0 Å². The summed E-state index contributed by atoms with van der Waals surface area (Å²) in [6, 6.07) is 14.2. The van der Waals surface area contributed by atoms with E-state index < -0.39 is 0 Å². The van der Waals surface area contributed by atoms with Crippen LogP contribution < -0.4 is 10.2 Å². The van der Waals surface area contributed by atoms with E-state index in [1.807, 2.05) is 30.3 Å². The molecule has 0 spiro atoms. The molecule has 22 heavy (non-hydrogen) atoms.